The molecule has 0 aliphatic rings. The summed E-state index contributed by atoms with van der Waals surface area (Å²) in [6, 6.07) is 37.2. The molecule has 3 nitrogen and oxygen atoms in total. The Hall–Kier alpha value is -3.98. The van der Waals surface area contributed by atoms with Crippen LogP contribution in [-0.2, 0) is 20.3 Å². The van der Waals surface area contributed by atoms with Gasteiger partial charge < -0.3 is 14.0 Å². The topological polar surface area (TPSA) is 23.4 Å². The third-order valence-corrected chi connectivity index (χ3v) is 5.66. The van der Waals surface area contributed by atoms with Gasteiger partial charge in [-0.25, -0.2) is 0 Å². The van der Waals surface area contributed by atoms with Crippen molar-refractivity contribution in [2.45, 2.75) is 13.2 Å². The minimum atomic E-state index is 0.564. The normalized spacial score (nSPS) is 10.9. The molecule has 0 amide bonds. The van der Waals surface area contributed by atoms with Gasteiger partial charge >= 0.3 is 0 Å². The molecule has 158 valence electrons. The van der Waals surface area contributed by atoms with E-state index in [9.17, 15) is 0 Å². The fourth-order valence-electron chi connectivity index (χ4n) is 3.88. The van der Waals surface area contributed by atoms with Gasteiger partial charge in [0.25, 0.3) is 0 Å². The molecule has 5 aromatic rings. The lowest BCUT2D eigenvalue weighted by molar-refractivity contribution is 0.306. The number of aromatic nitrogens is 1. The number of hydrogen-bond acceptors (Lipinski definition) is 2. The number of nitrogens with zero attached hydrogens (tertiary/aromatic N) is 1. The molecular weight excluding hydrogens is 394 g/mol. The second-order valence-corrected chi connectivity index (χ2v) is 7.88. The van der Waals surface area contributed by atoms with E-state index in [-0.39, 0.29) is 0 Å². The van der Waals surface area contributed by atoms with Gasteiger partial charge in [0.1, 0.15) is 24.7 Å². The fourth-order valence-corrected chi connectivity index (χ4v) is 3.88. The van der Waals surface area contributed by atoms with Crippen LogP contribution in [0.4, 0.5) is 0 Å². The molecule has 0 aliphatic carbocycles. The van der Waals surface area contributed by atoms with E-state index in [1.54, 1.807) is 0 Å². The number of ether oxygens (including phenoxy) is 2. The van der Waals surface area contributed by atoms with E-state index >= 15 is 0 Å². The van der Waals surface area contributed by atoms with Gasteiger partial charge in [-0.3, -0.25) is 0 Å². The van der Waals surface area contributed by atoms with Crippen LogP contribution >= 0.6 is 0 Å². The van der Waals surface area contributed by atoms with Crippen molar-refractivity contribution < 1.29 is 9.47 Å². The van der Waals surface area contributed by atoms with Gasteiger partial charge in [-0.2, -0.15) is 0 Å². The lowest BCUT2D eigenvalue weighted by Gasteiger charge is -2.09. The van der Waals surface area contributed by atoms with Crippen LogP contribution in [0.1, 0.15) is 11.1 Å². The molecule has 5 rings (SSSR count). The van der Waals surface area contributed by atoms with E-state index in [1.165, 1.54) is 5.39 Å². The van der Waals surface area contributed by atoms with E-state index in [2.05, 4.69) is 66.2 Å². The van der Waals surface area contributed by atoms with Gasteiger partial charge in [-0.15, -0.1) is 0 Å². The molecule has 0 atom stereocenters. The summed E-state index contributed by atoms with van der Waals surface area (Å²) < 4.78 is 14.2. The summed E-state index contributed by atoms with van der Waals surface area (Å²) in [7, 11) is 2.10. The summed E-state index contributed by atoms with van der Waals surface area (Å²) >= 11 is 0. The molecule has 0 aliphatic heterocycles. The Bertz CT molecular complexity index is 1310. The number of rotatable bonds is 7. The Labute approximate surface area is 188 Å². The van der Waals surface area contributed by atoms with E-state index in [0.29, 0.717) is 13.2 Å². The molecule has 0 radical (unpaired) electrons. The van der Waals surface area contributed by atoms with Crippen LogP contribution in [0.5, 0.6) is 11.5 Å². The van der Waals surface area contributed by atoms with Crippen LogP contribution in [0.15, 0.2) is 109 Å². The maximum atomic E-state index is 6.02. The highest BCUT2D eigenvalue weighted by atomic mass is 16.5. The average Bonchev–Trinajstić information content (AvgIpc) is 3.19. The van der Waals surface area contributed by atoms with Gasteiger partial charge in [0.2, 0.25) is 0 Å². The monoisotopic (exact) mass is 419 g/mol. The molecule has 0 spiro atoms. The predicted octanol–water partition coefficient (Wildman–Crippen LogP) is 7.00. The molecule has 0 saturated heterocycles. The number of fused-ring (bicyclic) bond motifs is 1. The smallest absolute Gasteiger partial charge is 0.121 e. The van der Waals surface area contributed by atoms with Crippen molar-refractivity contribution in [2.24, 2.45) is 7.05 Å². The zero-order chi connectivity index (χ0) is 21.8. The number of benzene rings is 4. The molecular formula is C29H25NO2. The Morgan fingerprint density at radius 1 is 0.594 bits per heavy atom. The van der Waals surface area contributed by atoms with Crippen molar-refractivity contribution in [3.8, 4) is 22.8 Å². The predicted molar refractivity (Wildman–Crippen MR) is 130 cm³/mol. The first-order chi connectivity index (χ1) is 15.8. The maximum Gasteiger partial charge on any atom is 0.121 e. The molecule has 1 heterocycles. The van der Waals surface area contributed by atoms with Gasteiger partial charge in [0, 0.05) is 24.2 Å². The van der Waals surface area contributed by atoms with Crippen molar-refractivity contribution in [2.75, 3.05) is 0 Å². The first-order valence-corrected chi connectivity index (χ1v) is 10.8. The largest absolute Gasteiger partial charge is 0.489 e. The average molecular weight is 420 g/mol. The zero-order valence-corrected chi connectivity index (χ0v) is 18.1. The maximum absolute atomic E-state index is 6.02. The van der Waals surface area contributed by atoms with Crippen LogP contribution in [0.3, 0.4) is 0 Å². The molecule has 1 aromatic heterocycles. The zero-order valence-electron chi connectivity index (χ0n) is 18.1. The second-order valence-electron chi connectivity index (χ2n) is 7.88. The van der Waals surface area contributed by atoms with Crippen LogP contribution in [0.25, 0.3) is 22.2 Å². The lowest BCUT2D eigenvalue weighted by Crippen LogP contribution is -1.96. The Balaban J connectivity index is 1.32. The van der Waals surface area contributed by atoms with Crippen LogP contribution in [-0.4, -0.2) is 4.57 Å². The molecule has 0 N–H and O–H groups in total. The summed E-state index contributed by atoms with van der Waals surface area (Å²) in [5.41, 5.74) is 5.79. The summed E-state index contributed by atoms with van der Waals surface area (Å²) in [5, 5.41) is 1.19. The first-order valence-electron chi connectivity index (χ1n) is 10.8. The Morgan fingerprint density at radius 2 is 1.16 bits per heavy atom. The summed E-state index contributed by atoms with van der Waals surface area (Å²) in [6.07, 6.45) is 0. The highest BCUT2D eigenvalue weighted by molar-refractivity contribution is 5.88. The van der Waals surface area contributed by atoms with Crippen molar-refractivity contribution in [1.82, 2.24) is 4.57 Å². The molecule has 3 heteroatoms. The number of aryl methyl sites for hydroxylation is 1. The molecule has 32 heavy (non-hydrogen) atoms. The second kappa shape index (κ2) is 9.03. The minimum absolute atomic E-state index is 0.564. The molecule has 0 unspecified atom stereocenters. The van der Waals surface area contributed by atoms with Gasteiger partial charge in [0.05, 0.1) is 5.52 Å². The van der Waals surface area contributed by atoms with Crippen molar-refractivity contribution in [3.05, 3.63) is 120 Å². The van der Waals surface area contributed by atoms with Crippen molar-refractivity contribution in [1.29, 1.82) is 0 Å². The summed E-state index contributed by atoms with van der Waals surface area (Å²) in [6.45, 7) is 1.13. The summed E-state index contributed by atoms with van der Waals surface area (Å²) in [5.74, 6) is 1.74. The van der Waals surface area contributed by atoms with Crippen LogP contribution < -0.4 is 9.47 Å². The fraction of sp³-hybridized carbons (Fsp3) is 0.103. The van der Waals surface area contributed by atoms with Crippen molar-refractivity contribution >= 4 is 10.9 Å². The molecule has 0 fully saturated rings. The molecule has 0 saturated carbocycles. The van der Waals surface area contributed by atoms with E-state index in [4.69, 9.17) is 9.47 Å². The van der Waals surface area contributed by atoms with E-state index in [0.717, 1.165) is 39.4 Å². The number of hydrogen-bond donors (Lipinski definition) is 0. The van der Waals surface area contributed by atoms with E-state index in [1.807, 2.05) is 54.6 Å². The van der Waals surface area contributed by atoms with Gasteiger partial charge in [-0.05, 0) is 59.2 Å². The SMILES string of the molecule is Cn1c(-c2ccc(OCc3ccccc3)cc2)cc2ccc(OCc3ccccc3)cc21. The third kappa shape index (κ3) is 4.37. The Kier molecular flexibility index (Phi) is 5.63. The molecule has 0 bridgehead atoms. The lowest BCUT2D eigenvalue weighted by atomic mass is 10.1. The van der Waals surface area contributed by atoms with Crippen molar-refractivity contribution in [3.63, 3.8) is 0 Å². The standard InChI is InChI=1S/C29H25NO2/c1-30-28(24-12-15-26(16-13-24)31-20-22-8-4-2-5-9-22)18-25-14-17-27(19-29(25)30)32-21-23-10-6-3-7-11-23/h2-19H,20-21H2,1H3. The van der Waals surface area contributed by atoms with Gasteiger partial charge in [0.15, 0.2) is 0 Å². The summed E-state index contributed by atoms with van der Waals surface area (Å²) in [4.78, 5) is 0. The highest BCUT2D eigenvalue weighted by Crippen LogP contribution is 2.31. The molecule has 4 aromatic carbocycles. The minimum Gasteiger partial charge on any atom is -0.489 e. The van der Waals surface area contributed by atoms with Gasteiger partial charge in [-0.1, -0.05) is 60.7 Å². The Morgan fingerprint density at radius 3 is 1.78 bits per heavy atom. The highest BCUT2D eigenvalue weighted by Gasteiger charge is 2.10. The van der Waals surface area contributed by atoms with Crippen LogP contribution in [0, 0.1) is 0 Å². The quantitative estimate of drug-likeness (QED) is 0.283. The van der Waals surface area contributed by atoms with E-state index < -0.39 is 0 Å². The first kappa shape index (κ1) is 20.0. The van der Waals surface area contributed by atoms with Crippen LogP contribution in [0.2, 0.25) is 0 Å². The third-order valence-electron chi connectivity index (χ3n) is 5.66.